The van der Waals surface area contributed by atoms with Crippen LogP contribution in [0.3, 0.4) is 0 Å². The lowest BCUT2D eigenvalue weighted by Gasteiger charge is -2.34. The third kappa shape index (κ3) is 4.23. The molecule has 1 aliphatic rings. The molecule has 1 amide bonds. The van der Waals surface area contributed by atoms with Crippen LogP contribution in [-0.4, -0.2) is 48.4 Å². The van der Waals surface area contributed by atoms with Gasteiger partial charge in [-0.1, -0.05) is 24.3 Å². The number of amides is 1. The number of halogens is 1. The highest BCUT2D eigenvalue weighted by Gasteiger charge is 2.22. The van der Waals surface area contributed by atoms with Crippen LogP contribution < -0.4 is 0 Å². The molecule has 3 rings (SSSR count). The zero-order chi connectivity index (χ0) is 17.6. The SMILES string of the molecule is N#Cc1cccc(C(=O)N2CCN(CCc3ccccc3F)CC2)c1. The number of benzene rings is 2. The van der Waals surface area contributed by atoms with Crippen LogP contribution in [0.2, 0.25) is 0 Å². The van der Waals surface area contributed by atoms with Gasteiger partial charge in [0.15, 0.2) is 0 Å². The second-order valence-electron chi connectivity index (χ2n) is 6.17. The Hall–Kier alpha value is -2.71. The maximum absolute atomic E-state index is 13.7. The van der Waals surface area contributed by atoms with E-state index in [1.54, 1.807) is 30.3 Å². The van der Waals surface area contributed by atoms with E-state index < -0.39 is 0 Å². The van der Waals surface area contributed by atoms with Crippen molar-refractivity contribution < 1.29 is 9.18 Å². The zero-order valence-electron chi connectivity index (χ0n) is 14.0. The molecular weight excluding hydrogens is 317 g/mol. The first kappa shape index (κ1) is 17.1. The van der Waals surface area contributed by atoms with E-state index in [1.807, 2.05) is 17.0 Å². The van der Waals surface area contributed by atoms with Crippen molar-refractivity contribution >= 4 is 5.91 Å². The Kier molecular flexibility index (Phi) is 5.42. The van der Waals surface area contributed by atoms with Gasteiger partial charge in [-0.05, 0) is 36.2 Å². The van der Waals surface area contributed by atoms with Gasteiger partial charge in [0.25, 0.3) is 5.91 Å². The van der Waals surface area contributed by atoms with Gasteiger partial charge in [0.2, 0.25) is 0 Å². The fraction of sp³-hybridized carbons (Fsp3) is 0.300. The van der Waals surface area contributed by atoms with E-state index >= 15 is 0 Å². The van der Waals surface area contributed by atoms with E-state index in [4.69, 9.17) is 5.26 Å². The van der Waals surface area contributed by atoms with Gasteiger partial charge in [-0.15, -0.1) is 0 Å². The van der Waals surface area contributed by atoms with Crippen LogP contribution in [-0.2, 0) is 6.42 Å². The van der Waals surface area contributed by atoms with E-state index in [9.17, 15) is 9.18 Å². The number of carbonyl (C=O) groups is 1. The Labute approximate surface area is 147 Å². The Morgan fingerprint density at radius 3 is 2.56 bits per heavy atom. The summed E-state index contributed by atoms with van der Waals surface area (Å²) in [6.07, 6.45) is 0.671. The minimum absolute atomic E-state index is 0.0362. The van der Waals surface area contributed by atoms with Gasteiger partial charge in [0.05, 0.1) is 11.6 Å². The first-order chi connectivity index (χ1) is 12.2. The summed E-state index contributed by atoms with van der Waals surface area (Å²) >= 11 is 0. The Morgan fingerprint density at radius 1 is 1.08 bits per heavy atom. The van der Waals surface area contributed by atoms with Crippen LogP contribution in [0.15, 0.2) is 48.5 Å². The highest BCUT2D eigenvalue weighted by Crippen LogP contribution is 2.12. The van der Waals surface area contributed by atoms with E-state index in [-0.39, 0.29) is 11.7 Å². The standard InChI is InChI=1S/C20H20FN3O/c21-19-7-2-1-5-17(19)8-9-23-10-12-24(13-11-23)20(25)18-6-3-4-16(14-18)15-22/h1-7,14H,8-13H2. The zero-order valence-corrected chi connectivity index (χ0v) is 14.0. The third-order valence-corrected chi connectivity index (χ3v) is 4.55. The van der Waals surface area contributed by atoms with Crippen molar-refractivity contribution in [2.75, 3.05) is 32.7 Å². The molecule has 0 atom stereocenters. The average Bonchev–Trinajstić information content (AvgIpc) is 2.67. The first-order valence-electron chi connectivity index (χ1n) is 8.42. The largest absolute Gasteiger partial charge is 0.336 e. The maximum atomic E-state index is 13.7. The summed E-state index contributed by atoms with van der Waals surface area (Å²) in [7, 11) is 0. The number of piperazine rings is 1. The van der Waals surface area contributed by atoms with E-state index in [0.29, 0.717) is 30.6 Å². The number of carbonyl (C=O) groups excluding carboxylic acids is 1. The van der Waals surface area contributed by atoms with Crippen LogP contribution in [0.5, 0.6) is 0 Å². The Morgan fingerprint density at radius 2 is 1.84 bits per heavy atom. The van der Waals surface area contributed by atoms with Crippen molar-refractivity contribution in [3.63, 3.8) is 0 Å². The molecule has 0 radical (unpaired) electrons. The highest BCUT2D eigenvalue weighted by molar-refractivity contribution is 5.94. The normalized spacial score (nSPS) is 15.0. The summed E-state index contributed by atoms with van der Waals surface area (Å²) in [5, 5.41) is 8.95. The molecule has 0 N–H and O–H groups in total. The van der Waals surface area contributed by atoms with Gasteiger partial charge >= 0.3 is 0 Å². The fourth-order valence-corrected chi connectivity index (χ4v) is 3.06. The summed E-state index contributed by atoms with van der Waals surface area (Å²) in [6.45, 7) is 3.63. The number of nitrogens with zero attached hydrogens (tertiary/aromatic N) is 3. The van der Waals surface area contributed by atoms with Gasteiger partial charge in [-0.25, -0.2) is 4.39 Å². The molecule has 0 spiro atoms. The van der Waals surface area contributed by atoms with Crippen molar-refractivity contribution in [1.29, 1.82) is 5.26 Å². The molecule has 128 valence electrons. The summed E-state index contributed by atoms with van der Waals surface area (Å²) in [5.74, 6) is -0.195. The summed E-state index contributed by atoms with van der Waals surface area (Å²) < 4.78 is 13.7. The predicted molar refractivity (Wildman–Crippen MR) is 93.6 cm³/mol. The molecule has 1 fully saturated rings. The molecule has 1 saturated heterocycles. The smallest absolute Gasteiger partial charge is 0.253 e. The van der Waals surface area contributed by atoms with Gasteiger partial charge < -0.3 is 4.90 Å². The summed E-state index contributed by atoms with van der Waals surface area (Å²) in [5.41, 5.74) is 1.78. The predicted octanol–water partition coefficient (Wildman–Crippen LogP) is 2.70. The average molecular weight is 337 g/mol. The van der Waals surface area contributed by atoms with E-state index in [2.05, 4.69) is 11.0 Å². The third-order valence-electron chi connectivity index (χ3n) is 4.55. The summed E-state index contributed by atoms with van der Waals surface area (Å²) in [6, 6.07) is 15.7. The van der Waals surface area contributed by atoms with Gasteiger partial charge in [-0.3, -0.25) is 9.69 Å². The molecular formula is C20H20FN3O. The number of hydrogen-bond donors (Lipinski definition) is 0. The molecule has 2 aromatic rings. The second-order valence-corrected chi connectivity index (χ2v) is 6.17. The molecule has 0 aliphatic carbocycles. The van der Waals surface area contributed by atoms with Gasteiger partial charge in [0.1, 0.15) is 5.82 Å². The Balaban J connectivity index is 1.52. The van der Waals surface area contributed by atoms with E-state index in [0.717, 1.165) is 25.2 Å². The van der Waals surface area contributed by atoms with Crippen molar-refractivity contribution in [2.45, 2.75) is 6.42 Å². The molecule has 0 unspecified atom stereocenters. The molecule has 5 heteroatoms. The summed E-state index contributed by atoms with van der Waals surface area (Å²) in [4.78, 5) is 16.6. The monoisotopic (exact) mass is 337 g/mol. The van der Waals surface area contributed by atoms with Crippen molar-refractivity contribution in [2.24, 2.45) is 0 Å². The fourth-order valence-electron chi connectivity index (χ4n) is 3.06. The second kappa shape index (κ2) is 7.91. The molecule has 1 heterocycles. The molecule has 2 aromatic carbocycles. The number of rotatable bonds is 4. The van der Waals surface area contributed by atoms with Gasteiger partial charge in [0, 0.05) is 38.3 Å². The van der Waals surface area contributed by atoms with Crippen LogP contribution in [0.4, 0.5) is 4.39 Å². The quantitative estimate of drug-likeness (QED) is 0.862. The Bertz CT molecular complexity index is 792. The first-order valence-corrected chi connectivity index (χ1v) is 8.42. The minimum atomic E-state index is -0.159. The van der Waals surface area contributed by atoms with Crippen LogP contribution >= 0.6 is 0 Å². The van der Waals surface area contributed by atoms with Crippen molar-refractivity contribution in [1.82, 2.24) is 9.80 Å². The van der Waals surface area contributed by atoms with Gasteiger partial charge in [-0.2, -0.15) is 5.26 Å². The topological polar surface area (TPSA) is 47.3 Å². The lowest BCUT2D eigenvalue weighted by atomic mass is 10.1. The van der Waals surface area contributed by atoms with Crippen LogP contribution in [0.1, 0.15) is 21.5 Å². The van der Waals surface area contributed by atoms with Crippen molar-refractivity contribution in [3.8, 4) is 6.07 Å². The highest BCUT2D eigenvalue weighted by atomic mass is 19.1. The number of nitriles is 1. The van der Waals surface area contributed by atoms with E-state index in [1.165, 1.54) is 6.07 Å². The minimum Gasteiger partial charge on any atom is -0.336 e. The lowest BCUT2D eigenvalue weighted by molar-refractivity contribution is 0.0638. The van der Waals surface area contributed by atoms with Crippen molar-refractivity contribution in [3.05, 3.63) is 71.0 Å². The molecule has 25 heavy (non-hydrogen) atoms. The molecule has 0 saturated carbocycles. The molecule has 1 aliphatic heterocycles. The molecule has 4 nitrogen and oxygen atoms in total. The molecule has 0 bridgehead atoms. The maximum Gasteiger partial charge on any atom is 0.253 e. The van der Waals surface area contributed by atoms with Crippen LogP contribution in [0, 0.1) is 17.1 Å². The molecule has 0 aromatic heterocycles. The van der Waals surface area contributed by atoms with Crippen LogP contribution in [0.25, 0.3) is 0 Å². The number of hydrogen-bond acceptors (Lipinski definition) is 3. The lowest BCUT2D eigenvalue weighted by Crippen LogP contribution is -2.49.